The molecule has 190 valence electrons. The Hall–Kier alpha value is -2.45. The van der Waals surface area contributed by atoms with E-state index in [9.17, 15) is 13.2 Å². The highest BCUT2D eigenvalue weighted by atomic mass is 35.5. The molecule has 4 rings (SSSR count). The summed E-state index contributed by atoms with van der Waals surface area (Å²) in [4.78, 5) is 20.2. The molecule has 1 atom stereocenters. The van der Waals surface area contributed by atoms with Gasteiger partial charge in [0.2, 0.25) is 0 Å². The fourth-order valence-corrected chi connectivity index (χ4v) is 6.96. The normalized spacial score (nSPS) is 15.7. The molecule has 1 aromatic heterocycles. The Morgan fingerprint density at radius 2 is 1.75 bits per heavy atom. The maximum Gasteiger partial charge on any atom is 0.264 e. The van der Waals surface area contributed by atoms with Crippen molar-refractivity contribution in [3.63, 3.8) is 0 Å². The second-order valence-electron chi connectivity index (χ2n) is 8.94. The van der Waals surface area contributed by atoms with E-state index < -0.39 is 10.0 Å². The molecule has 0 bridgehead atoms. The molecule has 0 radical (unpaired) electrons. The SMILES string of the molecule is CCN(CC)[C@H]1Cc2ncc(CC(=O)c3c(Cl)cccc3Cl)cc2N(S(=O)(=O)c2cccc(C)c2)C1. The lowest BCUT2D eigenvalue weighted by atomic mass is 9.99. The van der Waals surface area contributed by atoms with Crippen molar-refractivity contribution in [1.29, 1.82) is 0 Å². The first kappa shape index (κ1) is 26.6. The van der Waals surface area contributed by atoms with Crippen LogP contribution in [0.15, 0.2) is 59.6 Å². The van der Waals surface area contributed by atoms with Crippen LogP contribution >= 0.6 is 23.2 Å². The third-order valence-electron chi connectivity index (χ3n) is 6.59. The van der Waals surface area contributed by atoms with Gasteiger partial charge in [-0.1, -0.05) is 55.2 Å². The lowest BCUT2D eigenvalue weighted by Crippen LogP contribution is -2.50. The molecule has 0 fully saturated rings. The van der Waals surface area contributed by atoms with Crippen LogP contribution in [0.4, 0.5) is 5.69 Å². The van der Waals surface area contributed by atoms with Crippen LogP contribution in [0.5, 0.6) is 0 Å². The van der Waals surface area contributed by atoms with Gasteiger partial charge < -0.3 is 0 Å². The molecule has 0 N–H and O–H groups in total. The van der Waals surface area contributed by atoms with Crippen LogP contribution in [-0.2, 0) is 22.9 Å². The third-order valence-corrected chi connectivity index (χ3v) is 9.00. The molecule has 0 unspecified atom stereocenters. The van der Waals surface area contributed by atoms with Gasteiger partial charge in [0.1, 0.15) is 0 Å². The number of ketones is 1. The number of Topliss-reactive ketones (excluding diaryl/α,β-unsaturated/α-hetero) is 1. The molecule has 3 aromatic rings. The van der Waals surface area contributed by atoms with E-state index in [-0.39, 0.29) is 38.8 Å². The first-order valence-corrected chi connectivity index (χ1v) is 14.1. The fourth-order valence-electron chi connectivity index (χ4n) is 4.72. The summed E-state index contributed by atoms with van der Waals surface area (Å²) >= 11 is 12.5. The number of benzene rings is 2. The van der Waals surface area contributed by atoms with Crippen LogP contribution in [0.1, 0.15) is 41.0 Å². The van der Waals surface area contributed by atoms with E-state index in [1.165, 1.54) is 4.31 Å². The Morgan fingerprint density at radius 1 is 1.08 bits per heavy atom. The zero-order valence-corrected chi connectivity index (χ0v) is 22.9. The number of nitrogens with zero attached hydrogens (tertiary/aromatic N) is 3. The smallest absolute Gasteiger partial charge is 0.264 e. The standard InChI is InChI=1S/C27H29Cl2N3O3S/c1-4-31(5-2)20-15-24-25(32(17-20)36(34,35)21-9-6-8-18(3)12-21)13-19(16-30-24)14-26(33)27-22(28)10-7-11-23(27)29/h6-13,16,20H,4-5,14-15,17H2,1-3H3/t20-/m0/s1. The van der Waals surface area contributed by atoms with Crippen LogP contribution in [0.25, 0.3) is 0 Å². The Morgan fingerprint density at radius 3 is 2.39 bits per heavy atom. The summed E-state index contributed by atoms with van der Waals surface area (Å²) in [6.07, 6.45) is 2.27. The lowest BCUT2D eigenvalue weighted by molar-refractivity contribution is 0.0993. The molecule has 1 aliphatic heterocycles. The minimum Gasteiger partial charge on any atom is -0.299 e. The largest absolute Gasteiger partial charge is 0.299 e. The number of rotatable bonds is 8. The van der Waals surface area contributed by atoms with Crippen LogP contribution in [0.2, 0.25) is 10.0 Å². The van der Waals surface area contributed by atoms with Crippen molar-refractivity contribution < 1.29 is 13.2 Å². The molecule has 0 saturated heterocycles. The van der Waals surface area contributed by atoms with E-state index in [4.69, 9.17) is 23.2 Å². The molecular weight excluding hydrogens is 517 g/mol. The summed E-state index contributed by atoms with van der Waals surface area (Å²) in [5.41, 5.74) is 2.92. The number of carbonyl (C=O) groups excluding carboxylic acids is 1. The third kappa shape index (κ3) is 5.30. The van der Waals surface area contributed by atoms with Crippen molar-refractivity contribution >= 4 is 44.7 Å². The zero-order chi connectivity index (χ0) is 26.0. The first-order valence-electron chi connectivity index (χ1n) is 11.9. The summed E-state index contributed by atoms with van der Waals surface area (Å²) in [7, 11) is -3.85. The molecule has 2 heterocycles. The number of pyridine rings is 1. The number of halogens is 2. The van der Waals surface area contributed by atoms with Crippen LogP contribution < -0.4 is 4.31 Å². The molecule has 9 heteroatoms. The van der Waals surface area contributed by atoms with Crippen LogP contribution in [0, 0.1) is 6.92 Å². The highest BCUT2D eigenvalue weighted by molar-refractivity contribution is 7.92. The van der Waals surface area contributed by atoms with Crippen molar-refractivity contribution in [1.82, 2.24) is 9.88 Å². The van der Waals surface area contributed by atoms with Crippen molar-refractivity contribution in [2.45, 2.75) is 44.6 Å². The van der Waals surface area contributed by atoms with Gasteiger partial charge in [-0.15, -0.1) is 0 Å². The van der Waals surface area contributed by atoms with Crippen LogP contribution in [0.3, 0.4) is 0 Å². The quantitative estimate of drug-likeness (QED) is 0.345. The average Bonchev–Trinajstić information content (AvgIpc) is 2.84. The molecule has 0 saturated carbocycles. The van der Waals surface area contributed by atoms with E-state index in [0.29, 0.717) is 29.9 Å². The monoisotopic (exact) mass is 545 g/mol. The van der Waals surface area contributed by atoms with Gasteiger partial charge in [-0.25, -0.2) is 8.42 Å². The number of aryl methyl sites for hydroxylation is 1. The van der Waals surface area contributed by atoms with E-state index in [1.54, 1.807) is 48.7 Å². The van der Waals surface area contributed by atoms with E-state index in [2.05, 4.69) is 23.7 Å². The maximum atomic E-state index is 13.9. The van der Waals surface area contributed by atoms with Crippen molar-refractivity contribution in [3.8, 4) is 0 Å². The van der Waals surface area contributed by atoms with Crippen molar-refractivity contribution in [2.75, 3.05) is 23.9 Å². The summed E-state index contributed by atoms with van der Waals surface area (Å²) in [6, 6.07) is 13.6. The van der Waals surface area contributed by atoms with E-state index in [0.717, 1.165) is 18.7 Å². The number of fused-ring (bicyclic) bond motifs is 1. The van der Waals surface area contributed by atoms with Gasteiger partial charge in [0, 0.05) is 25.1 Å². The Balaban J connectivity index is 1.76. The van der Waals surface area contributed by atoms with Gasteiger partial charge in [0.15, 0.2) is 5.78 Å². The second kappa shape index (κ2) is 10.9. The highest BCUT2D eigenvalue weighted by Crippen LogP contribution is 2.34. The molecular formula is C27H29Cl2N3O3S. The number of hydrogen-bond donors (Lipinski definition) is 0. The molecule has 0 amide bonds. The predicted molar refractivity (Wildman–Crippen MR) is 145 cm³/mol. The predicted octanol–water partition coefficient (Wildman–Crippen LogP) is 5.58. The van der Waals surface area contributed by atoms with Gasteiger partial charge >= 0.3 is 0 Å². The molecule has 6 nitrogen and oxygen atoms in total. The average molecular weight is 547 g/mol. The van der Waals surface area contributed by atoms with Crippen molar-refractivity contribution in [3.05, 3.63) is 87.2 Å². The number of likely N-dealkylation sites (N-methyl/N-ethyl adjacent to an activating group) is 1. The van der Waals surface area contributed by atoms with E-state index >= 15 is 0 Å². The minimum absolute atomic E-state index is 0.00153. The molecule has 2 aromatic carbocycles. The fraction of sp³-hybridized carbons (Fsp3) is 0.333. The number of sulfonamides is 1. The molecule has 36 heavy (non-hydrogen) atoms. The molecule has 1 aliphatic rings. The maximum absolute atomic E-state index is 13.9. The summed E-state index contributed by atoms with van der Waals surface area (Å²) < 4.78 is 29.2. The molecule has 0 spiro atoms. The topological polar surface area (TPSA) is 70.6 Å². The Labute approximate surface area is 222 Å². The van der Waals surface area contributed by atoms with E-state index in [1.807, 2.05) is 13.0 Å². The van der Waals surface area contributed by atoms with Gasteiger partial charge in [-0.05, 0) is 61.5 Å². The summed E-state index contributed by atoms with van der Waals surface area (Å²) in [5, 5.41) is 0.563. The summed E-state index contributed by atoms with van der Waals surface area (Å²) in [6.45, 7) is 7.92. The number of hydrogen-bond acceptors (Lipinski definition) is 5. The minimum atomic E-state index is -3.85. The second-order valence-corrected chi connectivity index (χ2v) is 11.6. The van der Waals surface area contributed by atoms with Crippen molar-refractivity contribution in [2.24, 2.45) is 0 Å². The highest BCUT2D eigenvalue weighted by Gasteiger charge is 2.36. The lowest BCUT2D eigenvalue weighted by Gasteiger charge is -2.39. The molecule has 0 aliphatic carbocycles. The summed E-state index contributed by atoms with van der Waals surface area (Å²) in [5.74, 6) is -0.253. The first-order chi connectivity index (χ1) is 17.1. The zero-order valence-electron chi connectivity index (χ0n) is 20.5. The number of carbonyl (C=O) groups is 1. The van der Waals surface area contributed by atoms with Gasteiger partial charge in [-0.2, -0.15) is 0 Å². The number of aromatic nitrogens is 1. The number of anilines is 1. The Bertz CT molecular complexity index is 1370. The van der Waals surface area contributed by atoms with Gasteiger partial charge in [-0.3, -0.25) is 19.0 Å². The van der Waals surface area contributed by atoms with Gasteiger partial charge in [0.25, 0.3) is 10.0 Å². The Kier molecular flexibility index (Phi) is 8.05. The van der Waals surface area contributed by atoms with Gasteiger partial charge in [0.05, 0.1) is 38.4 Å². The van der Waals surface area contributed by atoms with Crippen LogP contribution in [-0.4, -0.2) is 49.8 Å².